The predicted molar refractivity (Wildman–Crippen MR) is 237 cm³/mol. The average molecular weight is 853 g/mol. The van der Waals surface area contributed by atoms with Crippen LogP contribution in [0, 0.1) is 0 Å². The van der Waals surface area contributed by atoms with Gasteiger partial charge < -0.3 is 47.7 Å². The van der Waals surface area contributed by atoms with Crippen LogP contribution in [0.2, 0.25) is 0 Å². The highest BCUT2D eigenvalue weighted by molar-refractivity contribution is 5.18. The minimum atomic E-state index is -1.32. The predicted octanol–water partition coefficient (Wildman–Crippen LogP) is 8.59. The first-order valence-electron chi connectivity index (χ1n) is 21.7. The molecule has 0 unspecified atom stereocenters. The zero-order valence-corrected chi connectivity index (χ0v) is 35.3. The molecule has 9 atom stereocenters. The molecule has 0 saturated carbocycles. The van der Waals surface area contributed by atoms with E-state index in [1.165, 1.54) is 0 Å². The van der Waals surface area contributed by atoms with Crippen molar-refractivity contribution < 1.29 is 47.7 Å². The fourth-order valence-corrected chi connectivity index (χ4v) is 7.80. The second-order valence-electron chi connectivity index (χ2n) is 15.7. The Morgan fingerprint density at radius 1 is 0.397 bits per heavy atom. The molecule has 10 heteroatoms. The highest BCUT2D eigenvalue weighted by Gasteiger charge is 2.52. The van der Waals surface area contributed by atoms with E-state index in [1.807, 2.05) is 182 Å². The number of aliphatic hydroxyl groups is 1. The summed E-state index contributed by atoms with van der Waals surface area (Å²) in [5, 5.41) is 11.5. The van der Waals surface area contributed by atoms with Crippen molar-refractivity contribution in [2.24, 2.45) is 0 Å². The van der Waals surface area contributed by atoms with Crippen LogP contribution in [0.4, 0.5) is 0 Å². The molecule has 1 N–H and O–H groups in total. The smallest absolute Gasteiger partial charge is 0.187 e. The van der Waals surface area contributed by atoms with Gasteiger partial charge in [-0.2, -0.15) is 0 Å². The third-order valence-corrected chi connectivity index (χ3v) is 11.1. The van der Waals surface area contributed by atoms with Crippen LogP contribution in [0.5, 0.6) is 0 Å². The third-order valence-electron chi connectivity index (χ3n) is 11.1. The molecule has 0 amide bonds. The number of hydrogen-bond donors (Lipinski definition) is 1. The van der Waals surface area contributed by atoms with Gasteiger partial charge in [0, 0.05) is 0 Å². The topological polar surface area (TPSA) is 103 Å². The maximum absolute atomic E-state index is 11.5. The van der Waals surface area contributed by atoms with Crippen LogP contribution >= 0.6 is 0 Å². The maximum Gasteiger partial charge on any atom is 0.187 e. The summed E-state index contributed by atoms with van der Waals surface area (Å²) < 4.78 is 60.4. The minimum absolute atomic E-state index is 0.0481. The zero-order valence-electron chi connectivity index (χ0n) is 35.3. The van der Waals surface area contributed by atoms with Gasteiger partial charge in [-0.05, 0) is 33.4 Å². The molecule has 2 fully saturated rings. The summed E-state index contributed by atoms with van der Waals surface area (Å²) in [4.78, 5) is 0. The summed E-state index contributed by atoms with van der Waals surface area (Å²) in [6.45, 7) is 1.85. The van der Waals surface area contributed by atoms with E-state index in [-0.39, 0.29) is 39.6 Å². The van der Waals surface area contributed by atoms with Gasteiger partial charge in [0.1, 0.15) is 42.7 Å². The molecule has 2 aliphatic rings. The molecular weight excluding hydrogens is 797 g/mol. The summed E-state index contributed by atoms with van der Waals surface area (Å²) in [5.41, 5.74) is 5.87. The Balaban J connectivity index is 1.15. The Kier molecular flexibility index (Phi) is 16.7. The Morgan fingerprint density at radius 2 is 0.762 bits per heavy atom. The van der Waals surface area contributed by atoms with Crippen LogP contribution in [0.1, 0.15) is 33.4 Å². The van der Waals surface area contributed by atoms with E-state index in [0.717, 1.165) is 33.4 Å². The summed E-state index contributed by atoms with van der Waals surface area (Å²) in [6.07, 6.45) is -7.83. The third kappa shape index (κ3) is 13.0. The summed E-state index contributed by atoms with van der Waals surface area (Å²) in [7, 11) is 0. The van der Waals surface area contributed by atoms with Gasteiger partial charge in [-0.3, -0.25) is 0 Å². The largest absolute Gasteiger partial charge is 0.374 e. The highest BCUT2D eigenvalue weighted by Crippen LogP contribution is 2.35. The first kappa shape index (κ1) is 44.5. The van der Waals surface area contributed by atoms with E-state index in [2.05, 4.69) is 0 Å². The molecule has 0 aliphatic carbocycles. The Hall–Kier alpha value is -5.08. The molecular formula is C53H56O10. The summed E-state index contributed by atoms with van der Waals surface area (Å²) in [5.74, 6) is 0. The van der Waals surface area contributed by atoms with Crippen LogP contribution in [0.15, 0.2) is 182 Å². The van der Waals surface area contributed by atoms with Crippen molar-refractivity contribution >= 4 is 0 Å². The Morgan fingerprint density at radius 3 is 1.21 bits per heavy atom. The first-order chi connectivity index (χ1) is 31.2. The van der Waals surface area contributed by atoms with Crippen LogP contribution in [-0.4, -0.2) is 73.6 Å². The fourth-order valence-electron chi connectivity index (χ4n) is 7.80. The molecule has 2 aliphatic heterocycles. The van der Waals surface area contributed by atoms with E-state index in [1.54, 1.807) is 0 Å². The molecule has 6 aromatic carbocycles. The zero-order chi connectivity index (χ0) is 42.9. The lowest BCUT2D eigenvalue weighted by molar-refractivity contribution is -0.366. The van der Waals surface area contributed by atoms with E-state index >= 15 is 0 Å². The SMILES string of the molecule is O[C@H]1OC[C@@H](OCc2ccccc2)[C@H](O[C@@H]2O[C@H](COCc3ccccc3)[C@@H](OCc3ccccc3)[C@H](OCc3ccccc3)[C@H]2OCc2ccccc2)[C@H]1OCc1ccccc1. The van der Waals surface area contributed by atoms with E-state index in [9.17, 15) is 5.11 Å². The van der Waals surface area contributed by atoms with Crippen molar-refractivity contribution in [3.05, 3.63) is 215 Å². The molecule has 2 saturated heterocycles. The van der Waals surface area contributed by atoms with Crippen LogP contribution < -0.4 is 0 Å². The molecule has 8 rings (SSSR count). The lowest BCUT2D eigenvalue weighted by Crippen LogP contribution is -2.64. The second-order valence-corrected chi connectivity index (χ2v) is 15.7. The molecule has 0 aromatic heterocycles. The van der Waals surface area contributed by atoms with Gasteiger partial charge in [-0.15, -0.1) is 0 Å². The van der Waals surface area contributed by atoms with E-state index in [0.29, 0.717) is 13.2 Å². The number of rotatable bonds is 21. The first-order valence-corrected chi connectivity index (χ1v) is 21.7. The van der Waals surface area contributed by atoms with E-state index < -0.39 is 55.3 Å². The molecule has 0 radical (unpaired) electrons. The van der Waals surface area contributed by atoms with Gasteiger partial charge in [0.15, 0.2) is 12.6 Å². The second kappa shape index (κ2) is 23.6. The molecule has 10 nitrogen and oxygen atoms in total. The Bertz CT molecular complexity index is 2150. The number of hydrogen-bond acceptors (Lipinski definition) is 10. The minimum Gasteiger partial charge on any atom is -0.374 e. The molecule has 6 aromatic rings. The fraction of sp³-hybridized carbons (Fsp3) is 0.321. The quantitative estimate of drug-likeness (QED) is 0.0758. The van der Waals surface area contributed by atoms with Gasteiger partial charge in [0.2, 0.25) is 0 Å². The molecule has 328 valence electrons. The van der Waals surface area contributed by atoms with Crippen molar-refractivity contribution in [3.63, 3.8) is 0 Å². The van der Waals surface area contributed by atoms with Crippen LogP contribution in [-0.2, 0) is 82.3 Å². The van der Waals surface area contributed by atoms with Crippen molar-refractivity contribution in [2.45, 2.75) is 94.9 Å². The molecule has 2 heterocycles. The molecule has 0 bridgehead atoms. The van der Waals surface area contributed by atoms with Gasteiger partial charge in [-0.25, -0.2) is 0 Å². The normalized spacial score (nSPS) is 24.8. The number of ether oxygens (including phenoxy) is 9. The van der Waals surface area contributed by atoms with Crippen molar-refractivity contribution in [1.82, 2.24) is 0 Å². The van der Waals surface area contributed by atoms with Gasteiger partial charge in [-0.1, -0.05) is 182 Å². The van der Waals surface area contributed by atoms with Gasteiger partial charge >= 0.3 is 0 Å². The summed E-state index contributed by atoms with van der Waals surface area (Å²) in [6, 6.07) is 59.7. The van der Waals surface area contributed by atoms with Crippen LogP contribution in [0.3, 0.4) is 0 Å². The van der Waals surface area contributed by atoms with Gasteiger partial charge in [0.05, 0.1) is 52.9 Å². The average Bonchev–Trinajstić information content (AvgIpc) is 3.34. The lowest BCUT2D eigenvalue weighted by Gasteiger charge is -2.48. The van der Waals surface area contributed by atoms with Crippen molar-refractivity contribution in [2.75, 3.05) is 13.2 Å². The lowest BCUT2D eigenvalue weighted by atomic mass is 9.97. The molecule has 0 spiro atoms. The number of benzene rings is 6. The van der Waals surface area contributed by atoms with Crippen LogP contribution in [0.25, 0.3) is 0 Å². The standard InChI is InChI=1S/C53H56O10/c54-52-50(59-35-43-27-15-5-16-28-43)48(45(38-61-52)56-32-40-21-9-2-10-22-40)63-53-51(60-36-44-29-17-6-18-30-44)49(58-34-42-25-13-4-14-26-42)47(57-33-41-23-11-3-12-24-41)46(62-53)37-55-31-39-19-7-1-8-20-39/h1-30,45-54H,31-38H2/t45-,46-,47-,48+,49+,50-,51-,52+,53+/m1/s1. The number of aliphatic hydroxyl groups excluding tert-OH is 1. The highest BCUT2D eigenvalue weighted by atomic mass is 16.7. The van der Waals surface area contributed by atoms with Crippen molar-refractivity contribution in [1.29, 1.82) is 0 Å². The van der Waals surface area contributed by atoms with Gasteiger partial charge in [0.25, 0.3) is 0 Å². The molecule has 63 heavy (non-hydrogen) atoms. The van der Waals surface area contributed by atoms with E-state index in [4.69, 9.17) is 42.6 Å². The van der Waals surface area contributed by atoms with Crippen molar-refractivity contribution in [3.8, 4) is 0 Å². The monoisotopic (exact) mass is 852 g/mol. The Labute approximate surface area is 370 Å². The maximum atomic E-state index is 11.5. The summed E-state index contributed by atoms with van der Waals surface area (Å²) >= 11 is 0.